The van der Waals surface area contributed by atoms with E-state index in [2.05, 4.69) is 42.5 Å². The molecule has 5 rings (SSSR count). The van der Waals surface area contributed by atoms with E-state index in [1.807, 2.05) is 0 Å². The molecule has 2 aliphatic heterocycles. The summed E-state index contributed by atoms with van der Waals surface area (Å²) < 4.78 is 11.7. The van der Waals surface area contributed by atoms with Crippen molar-refractivity contribution in [1.82, 2.24) is 0 Å². The topological polar surface area (TPSA) is 18.5 Å². The van der Waals surface area contributed by atoms with Crippen LogP contribution in [0.1, 0.15) is 17.5 Å². The smallest absolute Gasteiger partial charge is 0.122 e. The number of benzene rings is 1. The third-order valence-corrected chi connectivity index (χ3v) is 4.56. The molecule has 92 valence electrons. The first-order valence-electron chi connectivity index (χ1n) is 6.61. The van der Waals surface area contributed by atoms with Gasteiger partial charge in [0.1, 0.15) is 23.5 Å². The third kappa shape index (κ3) is 0.963. The molecular formula is C17H12O2. The predicted octanol–water partition coefficient (Wildman–Crippen LogP) is 3.64. The molecule has 0 aromatic heterocycles. The minimum absolute atomic E-state index is 0.184. The zero-order valence-electron chi connectivity index (χ0n) is 10.3. The van der Waals surface area contributed by atoms with Crippen LogP contribution < -0.4 is 0 Å². The molecule has 1 aromatic rings. The highest BCUT2D eigenvalue weighted by Crippen LogP contribution is 2.60. The van der Waals surface area contributed by atoms with Crippen LogP contribution in [-0.4, -0.2) is 6.61 Å². The van der Waals surface area contributed by atoms with Gasteiger partial charge in [-0.15, -0.1) is 0 Å². The molecule has 0 saturated carbocycles. The van der Waals surface area contributed by atoms with Crippen LogP contribution in [-0.2, 0) is 9.47 Å². The number of ether oxygens (including phenoxy) is 2. The van der Waals surface area contributed by atoms with Crippen LogP contribution in [0.2, 0.25) is 0 Å². The van der Waals surface area contributed by atoms with Crippen LogP contribution in [0.4, 0.5) is 0 Å². The SMILES string of the molecule is C1=CC2=C3CC=C4c5ccccc5C=C(O1)C42CO3. The fourth-order valence-electron chi connectivity index (χ4n) is 3.70. The van der Waals surface area contributed by atoms with Gasteiger partial charge in [0, 0.05) is 12.0 Å². The van der Waals surface area contributed by atoms with Gasteiger partial charge >= 0.3 is 0 Å². The maximum absolute atomic E-state index is 5.92. The standard InChI is InChI=1S/C17H12O2/c1-2-4-12-11(3-1)9-16-17-10-19-15(6-5-13(12)17)14(17)7-8-18-16/h1-5,7-9H,6,10H2. The van der Waals surface area contributed by atoms with Crippen molar-refractivity contribution in [3.8, 4) is 0 Å². The molecule has 1 spiro atoms. The number of hydrogen-bond donors (Lipinski definition) is 0. The van der Waals surface area contributed by atoms with Crippen LogP contribution in [0.25, 0.3) is 11.6 Å². The van der Waals surface area contributed by atoms with Gasteiger partial charge in [0.05, 0.1) is 6.26 Å². The maximum atomic E-state index is 5.92. The first-order valence-corrected chi connectivity index (χ1v) is 6.61. The van der Waals surface area contributed by atoms with Crippen LogP contribution in [0.5, 0.6) is 0 Å². The fraction of sp³-hybridized carbons (Fsp3) is 0.176. The van der Waals surface area contributed by atoms with Gasteiger partial charge in [-0.25, -0.2) is 0 Å². The summed E-state index contributed by atoms with van der Waals surface area (Å²) in [6.45, 7) is 0.675. The Hall–Kier alpha value is -2.22. The molecule has 1 unspecified atom stereocenters. The minimum Gasteiger partial charge on any atom is -0.495 e. The van der Waals surface area contributed by atoms with Crippen LogP contribution in [0.15, 0.2) is 59.8 Å². The lowest BCUT2D eigenvalue weighted by Crippen LogP contribution is -2.34. The zero-order valence-corrected chi connectivity index (χ0v) is 10.3. The van der Waals surface area contributed by atoms with Gasteiger partial charge < -0.3 is 9.47 Å². The average molecular weight is 248 g/mol. The van der Waals surface area contributed by atoms with Crippen molar-refractivity contribution < 1.29 is 9.47 Å². The molecule has 0 amide bonds. The molecule has 2 heterocycles. The van der Waals surface area contributed by atoms with Crippen molar-refractivity contribution in [2.24, 2.45) is 5.41 Å². The van der Waals surface area contributed by atoms with Gasteiger partial charge in [-0.1, -0.05) is 30.3 Å². The van der Waals surface area contributed by atoms with Gasteiger partial charge in [-0.2, -0.15) is 0 Å². The van der Waals surface area contributed by atoms with Gasteiger partial charge in [-0.05, 0) is 28.9 Å². The number of rotatable bonds is 0. The average Bonchev–Trinajstić information content (AvgIpc) is 2.71. The Labute approximate surface area is 111 Å². The van der Waals surface area contributed by atoms with E-state index in [-0.39, 0.29) is 5.41 Å². The highest BCUT2D eigenvalue weighted by atomic mass is 16.5. The number of fused-ring (bicyclic) bond motifs is 2. The Morgan fingerprint density at radius 1 is 1.16 bits per heavy atom. The van der Waals surface area contributed by atoms with Crippen molar-refractivity contribution in [3.05, 3.63) is 70.9 Å². The lowest BCUT2D eigenvalue weighted by molar-refractivity contribution is 0.174. The Bertz CT molecular complexity index is 733. The summed E-state index contributed by atoms with van der Waals surface area (Å²) in [5.41, 5.74) is 5.00. The van der Waals surface area contributed by atoms with E-state index in [1.54, 1.807) is 6.26 Å². The second-order valence-corrected chi connectivity index (χ2v) is 5.37. The molecule has 4 aliphatic rings. The molecule has 0 radical (unpaired) electrons. The fourth-order valence-corrected chi connectivity index (χ4v) is 3.70. The van der Waals surface area contributed by atoms with Crippen molar-refractivity contribution in [2.45, 2.75) is 6.42 Å². The quantitative estimate of drug-likeness (QED) is 0.697. The van der Waals surface area contributed by atoms with E-state index in [0.29, 0.717) is 6.61 Å². The van der Waals surface area contributed by atoms with Crippen LogP contribution in [0.3, 0.4) is 0 Å². The van der Waals surface area contributed by atoms with E-state index < -0.39 is 0 Å². The molecule has 19 heavy (non-hydrogen) atoms. The maximum Gasteiger partial charge on any atom is 0.122 e. The van der Waals surface area contributed by atoms with Crippen molar-refractivity contribution in [2.75, 3.05) is 6.61 Å². The molecule has 1 aromatic carbocycles. The van der Waals surface area contributed by atoms with E-state index in [9.17, 15) is 0 Å². The molecule has 0 fully saturated rings. The third-order valence-electron chi connectivity index (χ3n) is 4.56. The van der Waals surface area contributed by atoms with Gasteiger partial charge in [0.2, 0.25) is 0 Å². The van der Waals surface area contributed by atoms with E-state index in [1.165, 1.54) is 22.3 Å². The summed E-state index contributed by atoms with van der Waals surface area (Å²) in [7, 11) is 0. The lowest BCUT2D eigenvalue weighted by atomic mass is 9.64. The molecular weight excluding hydrogens is 236 g/mol. The van der Waals surface area contributed by atoms with Gasteiger partial charge in [-0.3, -0.25) is 0 Å². The number of allylic oxidation sites excluding steroid dienone is 2. The monoisotopic (exact) mass is 248 g/mol. The zero-order chi connectivity index (χ0) is 12.4. The molecule has 2 nitrogen and oxygen atoms in total. The Morgan fingerprint density at radius 3 is 3.11 bits per heavy atom. The summed E-state index contributed by atoms with van der Waals surface area (Å²) in [5, 5.41) is 0. The molecule has 0 N–H and O–H groups in total. The van der Waals surface area contributed by atoms with E-state index >= 15 is 0 Å². The van der Waals surface area contributed by atoms with E-state index in [0.717, 1.165) is 17.9 Å². The highest BCUT2D eigenvalue weighted by Gasteiger charge is 2.54. The normalized spacial score (nSPS) is 28.8. The lowest BCUT2D eigenvalue weighted by Gasteiger charge is -2.40. The van der Waals surface area contributed by atoms with Gasteiger partial charge in [0.25, 0.3) is 0 Å². The molecule has 1 atom stereocenters. The first-order chi connectivity index (χ1) is 9.39. The largest absolute Gasteiger partial charge is 0.495 e. The van der Waals surface area contributed by atoms with E-state index in [4.69, 9.17) is 9.47 Å². The second kappa shape index (κ2) is 3.02. The second-order valence-electron chi connectivity index (χ2n) is 5.37. The molecule has 2 bridgehead atoms. The van der Waals surface area contributed by atoms with Crippen LogP contribution in [0, 0.1) is 5.41 Å². The molecule has 0 saturated heterocycles. The summed E-state index contributed by atoms with van der Waals surface area (Å²) >= 11 is 0. The summed E-state index contributed by atoms with van der Waals surface area (Å²) in [6, 6.07) is 8.52. The molecule has 2 heteroatoms. The summed E-state index contributed by atoms with van der Waals surface area (Å²) in [5.74, 6) is 2.11. The number of hydrogen-bond acceptors (Lipinski definition) is 2. The summed E-state index contributed by atoms with van der Waals surface area (Å²) in [6.07, 6.45) is 9.21. The Balaban J connectivity index is 1.90. The highest BCUT2D eigenvalue weighted by molar-refractivity contribution is 5.90. The first kappa shape index (κ1) is 9.68. The van der Waals surface area contributed by atoms with Crippen molar-refractivity contribution >= 4 is 11.6 Å². The minimum atomic E-state index is -0.184. The Kier molecular flexibility index (Phi) is 1.54. The van der Waals surface area contributed by atoms with Crippen molar-refractivity contribution in [3.63, 3.8) is 0 Å². The summed E-state index contributed by atoms with van der Waals surface area (Å²) in [4.78, 5) is 0. The van der Waals surface area contributed by atoms with Gasteiger partial charge in [0.15, 0.2) is 0 Å². The van der Waals surface area contributed by atoms with Crippen LogP contribution >= 0.6 is 0 Å². The Morgan fingerprint density at radius 2 is 2.11 bits per heavy atom. The predicted molar refractivity (Wildman–Crippen MR) is 72.6 cm³/mol. The molecule has 2 aliphatic carbocycles. The van der Waals surface area contributed by atoms with Crippen molar-refractivity contribution in [1.29, 1.82) is 0 Å².